The Morgan fingerprint density at radius 3 is 2.45 bits per heavy atom. The third-order valence-corrected chi connectivity index (χ3v) is 7.18. The standard InChI is InChI=1S/C22H24F2N2O2S/c23-18-12-15(17-5-2-8-25-22(17)29-16-3-1-4-16)13-19(24)21(18)26-9-6-14(7-10-26)11-20(27)28/h2,5,8,12-14,16H,1,3-4,6-7,9-11H2,(H,27,28). The number of rotatable bonds is 6. The van der Waals surface area contributed by atoms with Crippen molar-refractivity contribution in [1.29, 1.82) is 0 Å². The average Bonchev–Trinajstić information content (AvgIpc) is 2.65. The molecule has 1 aromatic heterocycles. The number of pyridine rings is 1. The van der Waals surface area contributed by atoms with E-state index in [4.69, 9.17) is 5.11 Å². The van der Waals surface area contributed by atoms with Crippen LogP contribution >= 0.6 is 11.8 Å². The van der Waals surface area contributed by atoms with Gasteiger partial charge in [0.05, 0.1) is 0 Å². The summed E-state index contributed by atoms with van der Waals surface area (Å²) in [6, 6.07) is 6.43. The fourth-order valence-corrected chi connectivity index (χ4v) is 5.30. The maximum Gasteiger partial charge on any atom is 0.303 e. The van der Waals surface area contributed by atoms with E-state index in [-0.39, 0.29) is 18.0 Å². The van der Waals surface area contributed by atoms with Crippen LogP contribution in [-0.4, -0.2) is 34.4 Å². The fourth-order valence-electron chi connectivity index (χ4n) is 3.98. The highest BCUT2D eigenvalue weighted by atomic mass is 32.2. The van der Waals surface area contributed by atoms with Gasteiger partial charge in [0, 0.05) is 36.5 Å². The monoisotopic (exact) mass is 418 g/mol. The molecule has 0 amide bonds. The third kappa shape index (κ3) is 4.55. The normalized spacial score (nSPS) is 17.9. The number of hydrogen-bond donors (Lipinski definition) is 1. The minimum atomic E-state index is -0.822. The van der Waals surface area contributed by atoms with Gasteiger partial charge in [-0.25, -0.2) is 13.8 Å². The maximum atomic E-state index is 15.0. The molecule has 29 heavy (non-hydrogen) atoms. The lowest BCUT2D eigenvalue weighted by atomic mass is 9.93. The van der Waals surface area contributed by atoms with Crippen LogP contribution in [0.15, 0.2) is 35.5 Å². The molecule has 1 saturated carbocycles. The first-order valence-corrected chi connectivity index (χ1v) is 11.0. The lowest BCUT2D eigenvalue weighted by Crippen LogP contribution is -2.35. The summed E-state index contributed by atoms with van der Waals surface area (Å²) >= 11 is 1.69. The van der Waals surface area contributed by atoms with Crippen molar-refractivity contribution in [2.45, 2.75) is 48.8 Å². The van der Waals surface area contributed by atoms with Crippen molar-refractivity contribution in [2.24, 2.45) is 5.92 Å². The van der Waals surface area contributed by atoms with Crippen LogP contribution in [0.25, 0.3) is 11.1 Å². The molecule has 154 valence electrons. The molecular weight excluding hydrogens is 394 g/mol. The molecule has 0 spiro atoms. The van der Waals surface area contributed by atoms with Gasteiger partial charge in [-0.2, -0.15) is 0 Å². The van der Waals surface area contributed by atoms with Crippen LogP contribution in [0.1, 0.15) is 38.5 Å². The van der Waals surface area contributed by atoms with Gasteiger partial charge in [-0.15, -0.1) is 11.8 Å². The molecule has 2 fully saturated rings. The second kappa shape index (κ2) is 8.69. The molecule has 1 saturated heterocycles. The summed E-state index contributed by atoms with van der Waals surface area (Å²) in [6.45, 7) is 0.918. The zero-order valence-corrected chi connectivity index (χ0v) is 16.9. The van der Waals surface area contributed by atoms with Crippen LogP contribution in [0.3, 0.4) is 0 Å². The first-order chi connectivity index (χ1) is 14.0. The Hall–Kier alpha value is -2.15. The zero-order valence-electron chi connectivity index (χ0n) is 16.1. The number of hydrogen-bond acceptors (Lipinski definition) is 4. The van der Waals surface area contributed by atoms with Crippen LogP contribution in [0.5, 0.6) is 0 Å². The first-order valence-electron chi connectivity index (χ1n) is 10.1. The molecule has 1 N–H and O–H groups in total. The number of piperidine rings is 1. The number of carbonyl (C=O) groups is 1. The lowest BCUT2D eigenvalue weighted by Gasteiger charge is -2.33. The molecule has 4 nitrogen and oxygen atoms in total. The van der Waals surface area contributed by atoms with E-state index in [0.717, 1.165) is 23.4 Å². The van der Waals surface area contributed by atoms with E-state index in [1.54, 1.807) is 28.9 Å². The van der Waals surface area contributed by atoms with Crippen LogP contribution in [0, 0.1) is 17.6 Å². The van der Waals surface area contributed by atoms with Gasteiger partial charge >= 0.3 is 5.97 Å². The number of benzene rings is 1. The van der Waals surface area contributed by atoms with Crippen LogP contribution in [-0.2, 0) is 4.79 Å². The summed E-state index contributed by atoms with van der Waals surface area (Å²) < 4.78 is 29.9. The van der Waals surface area contributed by atoms with Gasteiger partial charge in [0.15, 0.2) is 0 Å². The molecule has 0 atom stereocenters. The Morgan fingerprint density at radius 2 is 1.86 bits per heavy atom. The van der Waals surface area contributed by atoms with Gasteiger partial charge in [0.2, 0.25) is 0 Å². The van der Waals surface area contributed by atoms with Crippen LogP contribution in [0.4, 0.5) is 14.5 Å². The summed E-state index contributed by atoms with van der Waals surface area (Å²) in [5.74, 6) is -1.92. The van der Waals surface area contributed by atoms with E-state index < -0.39 is 17.6 Å². The minimum absolute atomic E-state index is 0.0142. The van der Waals surface area contributed by atoms with E-state index in [9.17, 15) is 13.6 Å². The van der Waals surface area contributed by atoms with Gasteiger partial charge in [0.25, 0.3) is 0 Å². The molecule has 2 aromatic rings. The lowest BCUT2D eigenvalue weighted by molar-refractivity contribution is -0.138. The molecule has 1 aromatic carbocycles. The molecule has 1 aliphatic heterocycles. The van der Waals surface area contributed by atoms with Gasteiger partial charge in [-0.3, -0.25) is 4.79 Å². The number of aromatic nitrogens is 1. The van der Waals surface area contributed by atoms with Crippen molar-refractivity contribution in [3.05, 3.63) is 42.1 Å². The molecule has 2 aliphatic rings. The van der Waals surface area contributed by atoms with Crippen molar-refractivity contribution in [2.75, 3.05) is 18.0 Å². The molecule has 0 bridgehead atoms. The van der Waals surface area contributed by atoms with E-state index in [0.29, 0.717) is 36.7 Å². The number of carboxylic acids is 1. The van der Waals surface area contributed by atoms with Crippen LogP contribution < -0.4 is 4.90 Å². The summed E-state index contributed by atoms with van der Waals surface area (Å²) in [5.41, 5.74) is 1.24. The van der Waals surface area contributed by atoms with Crippen molar-refractivity contribution >= 4 is 23.4 Å². The Bertz CT molecular complexity index is 873. The third-order valence-electron chi connectivity index (χ3n) is 5.82. The van der Waals surface area contributed by atoms with E-state index in [1.807, 2.05) is 6.07 Å². The number of halogens is 2. The number of aliphatic carboxylic acids is 1. The topological polar surface area (TPSA) is 53.4 Å². The Balaban J connectivity index is 1.55. The van der Waals surface area contributed by atoms with E-state index in [2.05, 4.69) is 4.98 Å². The molecule has 2 heterocycles. The number of thioether (sulfide) groups is 1. The largest absolute Gasteiger partial charge is 0.481 e. The highest BCUT2D eigenvalue weighted by molar-refractivity contribution is 8.00. The van der Waals surface area contributed by atoms with Crippen molar-refractivity contribution < 1.29 is 18.7 Å². The SMILES string of the molecule is O=C(O)CC1CCN(c2c(F)cc(-c3cccnc3SC3CCC3)cc2F)CC1. The molecule has 4 rings (SSSR count). The van der Waals surface area contributed by atoms with Gasteiger partial charge in [-0.05, 0) is 55.4 Å². The van der Waals surface area contributed by atoms with E-state index >= 15 is 0 Å². The summed E-state index contributed by atoms with van der Waals surface area (Å²) in [4.78, 5) is 17.0. The Morgan fingerprint density at radius 1 is 1.17 bits per heavy atom. The summed E-state index contributed by atoms with van der Waals surface area (Å²) in [6.07, 6.45) is 6.60. The quantitative estimate of drug-likeness (QED) is 0.684. The van der Waals surface area contributed by atoms with Gasteiger partial charge in [-0.1, -0.05) is 12.5 Å². The highest BCUT2D eigenvalue weighted by Crippen LogP contribution is 2.41. The zero-order chi connectivity index (χ0) is 20.4. The fraction of sp³-hybridized carbons (Fsp3) is 0.455. The first kappa shape index (κ1) is 20.1. The maximum absolute atomic E-state index is 15.0. The predicted molar refractivity (Wildman–Crippen MR) is 110 cm³/mol. The average molecular weight is 419 g/mol. The minimum Gasteiger partial charge on any atom is -0.481 e. The smallest absolute Gasteiger partial charge is 0.303 e. The summed E-state index contributed by atoms with van der Waals surface area (Å²) in [7, 11) is 0. The number of nitrogens with zero attached hydrogens (tertiary/aromatic N) is 2. The molecule has 0 unspecified atom stereocenters. The Labute approximate surface area is 173 Å². The summed E-state index contributed by atoms with van der Waals surface area (Å²) in [5, 5.41) is 10.3. The molecular formula is C22H24F2N2O2S. The molecule has 7 heteroatoms. The van der Waals surface area contributed by atoms with Crippen molar-refractivity contribution in [1.82, 2.24) is 4.98 Å². The van der Waals surface area contributed by atoms with Gasteiger partial charge < -0.3 is 10.0 Å². The number of carboxylic acid groups (broad SMARTS) is 1. The second-order valence-corrected chi connectivity index (χ2v) is 9.13. The highest BCUT2D eigenvalue weighted by Gasteiger charge is 2.26. The predicted octanol–water partition coefficient (Wildman–Crippen LogP) is 5.36. The number of anilines is 1. The molecule has 0 radical (unpaired) electrons. The Kier molecular flexibility index (Phi) is 6.04. The van der Waals surface area contributed by atoms with E-state index in [1.165, 1.54) is 18.6 Å². The molecule has 1 aliphatic carbocycles. The van der Waals surface area contributed by atoms with Gasteiger partial charge in [0.1, 0.15) is 22.3 Å². The van der Waals surface area contributed by atoms with Crippen molar-refractivity contribution in [3.63, 3.8) is 0 Å². The van der Waals surface area contributed by atoms with Crippen molar-refractivity contribution in [3.8, 4) is 11.1 Å². The second-order valence-electron chi connectivity index (χ2n) is 7.84. The van der Waals surface area contributed by atoms with Crippen LogP contribution in [0.2, 0.25) is 0 Å².